The van der Waals surface area contributed by atoms with Gasteiger partial charge in [0.2, 0.25) is 11.8 Å². The molecule has 0 aliphatic heterocycles. The molecule has 10 nitrogen and oxygen atoms in total. The third-order valence-corrected chi connectivity index (χ3v) is 10.8. The average Bonchev–Trinajstić information content (AvgIpc) is 2.72. The molecule has 1 unspecified atom stereocenters. The van der Waals surface area contributed by atoms with E-state index in [1.807, 2.05) is 0 Å². The second kappa shape index (κ2) is 14.7. The van der Waals surface area contributed by atoms with Gasteiger partial charge in [0.05, 0.1) is 13.2 Å². The van der Waals surface area contributed by atoms with Crippen molar-refractivity contribution in [2.24, 2.45) is 5.92 Å². The van der Waals surface area contributed by atoms with E-state index in [0.717, 1.165) is 0 Å². The van der Waals surface area contributed by atoms with Crippen LogP contribution in [0.2, 0.25) is 18.1 Å². The first kappa shape index (κ1) is 34.9. The summed E-state index contributed by atoms with van der Waals surface area (Å²) in [4.78, 5) is 50.1. The number of hydrogen-bond acceptors (Lipinski definition) is 7. The van der Waals surface area contributed by atoms with Crippen molar-refractivity contribution >= 4 is 32.2 Å². The van der Waals surface area contributed by atoms with Crippen molar-refractivity contribution in [2.45, 2.75) is 123 Å². The standard InChI is InChI=1S/C26H51N3O7Si/c1-17(2)21(30)29-20(18(3)36-37(11,12)26(7,8)9)22(31)28-19(23(32)34-10)15-13-14-16-27-24(33)35-25(4,5)6/h17-20H,13-16H2,1-12H3,(H,27,33)(H,28,31)(H,29,30)/t18-,19?,20+/m1/s1. The zero-order chi connectivity index (χ0) is 29.2. The molecule has 0 fully saturated rings. The van der Waals surface area contributed by atoms with Crippen LogP contribution in [0.5, 0.6) is 0 Å². The largest absolute Gasteiger partial charge is 0.467 e. The molecule has 0 aliphatic rings. The quantitative estimate of drug-likeness (QED) is 0.182. The molecular formula is C26H51N3O7Si. The maximum atomic E-state index is 13.3. The van der Waals surface area contributed by atoms with E-state index in [4.69, 9.17) is 13.9 Å². The SMILES string of the molecule is COC(=O)C(CCCCNC(=O)OC(C)(C)C)NC(=O)[C@@H](NC(=O)C(C)C)[C@@H](C)O[Si](C)(C)C(C)(C)C. The monoisotopic (exact) mass is 545 g/mol. The molecule has 0 aromatic heterocycles. The maximum Gasteiger partial charge on any atom is 0.407 e. The number of esters is 1. The second-order valence-electron chi connectivity index (χ2n) is 12.2. The molecule has 3 amide bonds. The third kappa shape index (κ3) is 13.3. The Morgan fingerprint density at radius 3 is 1.89 bits per heavy atom. The van der Waals surface area contributed by atoms with Crippen molar-refractivity contribution in [1.29, 1.82) is 0 Å². The van der Waals surface area contributed by atoms with Crippen molar-refractivity contribution in [3.05, 3.63) is 0 Å². The number of carbonyl (C=O) groups excluding carboxylic acids is 4. The Labute approximate surface area is 224 Å². The van der Waals surface area contributed by atoms with E-state index in [1.165, 1.54) is 7.11 Å². The molecule has 0 aliphatic carbocycles. The van der Waals surface area contributed by atoms with Crippen molar-refractivity contribution in [2.75, 3.05) is 13.7 Å². The fourth-order valence-corrected chi connectivity index (χ4v) is 4.48. The van der Waals surface area contributed by atoms with Gasteiger partial charge in [0.15, 0.2) is 8.32 Å². The number of methoxy groups -OCH3 is 1. The first-order valence-corrected chi connectivity index (χ1v) is 16.0. The van der Waals surface area contributed by atoms with Crippen LogP contribution in [-0.4, -0.2) is 69.6 Å². The van der Waals surface area contributed by atoms with Gasteiger partial charge >= 0.3 is 12.1 Å². The van der Waals surface area contributed by atoms with Crippen molar-refractivity contribution in [3.63, 3.8) is 0 Å². The highest BCUT2D eigenvalue weighted by Gasteiger charge is 2.41. The van der Waals surface area contributed by atoms with Gasteiger partial charge in [-0.25, -0.2) is 9.59 Å². The van der Waals surface area contributed by atoms with Crippen LogP contribution in [0.3, 0.4) is 0 Å². The molecule has 0 heterocycles. The van der Waals surface area contributed by atoms with E-state index in [1.54, 1.807) is 41.5 Å². The summed E-state index contributed by atoms with van der Waals surface area (Å²) in [5.41, 5.74) is -0.586. The highest BCUT2D eigenvalue weighted by molar-refractivity contribution is 6.74. The van der Waals surface area contributed by atoms with Gasteiger partial charge in [-0.3, -0.25) is 9.59 Å². The predicted molar refractivity (Wildman–Crippen MR) is 147 cm³/mol. The van der Waals surface area contributed by atoms with E-state index in [9.17, 15) is 19.2 Å². The molecule has 0 radical (unpaired) electrons. The summed E-state index contributed by atoms with van der Waals surface area (Å²) in [6, 6.07) is -1.89. The highest BCUT2D eigenvalue weighted by atomic mass is 28.4. The minimum absolute atomic E-state index is 0.0910. The number of amides is 3. The average molecular weight is 546 g/mol. The maximum absolute atomic E-state index is 13.3. The molecule has 0 bridgehead atoms. The zero-order valence-corrected chi connectivity index (χ0v) is 26.0. The number of hydrogen-bond donors (Lipinski definition) is 3. The van der Waals surface area contributed by atoms with Gasteiger partial charge in [-0.2, -0.15) is 0 Å². The van der Waals surface area contributed by atoms with E-state index in [2.05, 4.69) is 49.8 Å². The molecular weight excluding hydrogens is 494 g/mol. The molecule has 0 saturated heterocycles. The minimum Gasteiger partial charge on any atom is -0.467 e. The molecule has 216 valence electrons. The topological polar surface area (TPSA) is 132 Å². The van der Waals surface area contributed by atoms with Crippen LogP contribution in [0.4, 0.5) is 4.79 Å². The van der Waals surface area contributed by atoms with Gasteiger partial charge in [-0.15, -0.1) is 0 Å². The van der Waals surface area contributed by atoms with Gasteiger partial charge < -0.3 is 29.9 Å². The van der Waals surface area contributed by atoms with Crippen LogP contribution >= 0.6 is 0 Å². The molecule has 0 spiro atoms. The first-order valence-electron chi connectivity index (χ1n) is 13.0. The summed E-state index contributed by atoms with van der Waals surface area (Å²) < 4.78 is 16.5. The fraction of sp³-hybridized carbons (Fsp3) is 0.846. The van der Waals surface area contributed by atoms with Crippen LogP contribution < -0.4 is 16.0 Å². The normalized spacial score (nSPS) is 14.8. The lowest BCUT2D eigenvalue weighted by molar-refractivity contribution is -0.146. The summed E-state index contributed by atoms with van der Waals surface area (Å²) in [5.74, 6) is -1.71. The number of alkyl carbamates (subject to hydrolysis) is 1. The summed E-state index contributed by atoms with van der Waals surface area (Å²) in [6.07, 6.45) is 0.289. The smallest absolute Gasteiger partial charge is 0.407 e. The Morgan fingerprint density at radius 1 is 0.865 bits per heavy atom. The minimum atomic E-state index is -2.25. The summed E-state index contributed by atoms with van der Waals surface area (Å²) in [5, 5.41) is 8.12. The predicted octanol–water partition coefficient (Wildman–Crippen LogP) is 3.89. The zero-order valence-electron chi connectivity index (χ0n) is 25.0. The summed E-state index contributed by atoms with van der Waals surface area (Å²) in [6.45, 7) is 21.4. The van der Waals surface area contributed by atoms with Gasteiger partial charge in [-0.05, 0) is 65.1 Å². The Balaban J connectivity index is 5.35. The number of nitrogens with one attached hydrogen (secondary N) is 3. The van der Waals surface area contributed by atoms with Gasteiger partial charge in [0.25, 0.3) is 0 Å². The van der Waals surface area contributed by atoms with Gasteiger partial charge in [0.1, 0.15) is 17.7 Å². The Bertz CT molecular complexity index is 773. The second-order valence-corrected chi connectivity index (χ2v) is 17.0. The lowest BCUT2D eigenvalue weighted by Gasteiger charge is -2.40. The van der Waals surface area contributed by atoms with E-state index in [0.29, 0.717) is 25.8 Å². The van der Waals surface area contributed by atoms with Crippen molar-refractivity contribution in [3.8, 4) is 0 Å². The molecule has 11 heteroatoms. The van der Waals surface area contributed by atoms with Crippen LogP contribution in [0.15, 0.2) is 0 Å². The molecule has 0 aromatic rings. The number of carbonyl (C=O) groups is 4. The van der Waals surface area contributed by atoms with Crippen molar-refractivity contribution < 1.29 is 33.1 Å². The Morgan fingerprint density at radius 2 is 1.43 bits per heavy atom. The van der Waals surface area contributed by atoms with E-state index < -0.39 is 50.1 Å². The van der Waals surface area contributed by atoms with E-state index in [-0.39, 0.29) is 16.9 Å². The fourth-order valence-electron chi connectivity index (χ4n) is 3.06. The first-order chi connectivity index (χ1) is 16.7. The molecule has 3 N–H and O–H groups in total. The van der Waals surface area contributed by atoms with Crippen LogP contribution in [0.25, 0.3) is 0 Å². The number of unbranched alkanes of at least 4 members (excludes halogenated alkanes) is 1. The molecule has 37 heavy (non-hydrogen) atoms. The highest BCUT2D eigenvalue weighted by Crippen LogP contribution is 2.37. The Kier molecular flexibility index (Phi) is 13.9. The van der Waals surface area contributed by atoms with Crippen LogP contribution in [0, 0.1) is 5.92 Å². The van der Waals surface area contributed by atoms with E-state index >= 15 is 0 Å². The number of ether oxygens (including phenoxy) is 2. The summed E-state index contributed by atoms with van der Waals surface area (Å²) in [7, 11) is -0.989. The molecule has 3 atom stereocenters. The molecule has 0 saturated carbocycles. The van der Waals surface area contributed by atoms with Crippen molar-refractivity contribution in [1.82, 2.24) is 16.0 Å². The van der Waals surface area contributed by atoms with Gasteiger partial charge in [0, 0.05) is 12.5 Å². The molecule has 0 rings (SSSR count). The van der Waals surface area contributed by atoms with Crippen LogP contribution in [0.1, 0.15) is 81.6 Å². The lowest BCUT2D eigenvalue weighted by Crippen LogP contribution is -2.59. The lowest BCUT2D eigenvalue weighted by atomic mass is 10.1. The number of rotatable bonds is 13. The van der Waals surface area contributed by atoms with Crippen LogP contribution in [-0.2, 0) is 28.3 Å². The van der Waals surface area contributed by atoms with Gasteiger partial charge in [-0.1, -0.05) is 34.6 Å². The third-order valence-electron chi connectivity index (χ3n) is 6.25. The summed E-state index contributed by atoms with van der Waals surface area (Å²) >= 11 is 0. The molecule has 0 aromatic carbocycles. The Hall–Kier alpha value is -2.14.